The Balaban J connectivity index is 1.40. The fraction of sp³-hybridized carbons (Fsp3) is 0.212. The van der Waals surface area contributed by atoms with Gasteiger partial charge in [0.25, 0.3) is 0 Å². The number of benzene rings is 1. The summed E-state index contributed by atoms with van der Waals surface area (Å²) in [5.41, 5.74) is 6.74. The number of aromatic hydroxyl groups is 1. The summed E-state index contributed by atoms with van der Waals surface area (Å²) < 4.78 is 0. The van der Waals surface area contributed by atoms with E-state index in [0.717, 1.165) is 39.5 Å². The molecule has 0 atom stereocenters. The van der Waals surface area contributed by atoms with Crippen LogP contribution in [0.1, 0.15) is 39.5 Å². The highest BCUT2D eigenvalue weighted by Gasteiger charge is 2.19. The zero-order valence-corrected chi connectivity index (χ0v) is 22.8. The maximum absolute atomic E-state index is 11.6. The lowest BCUT2D eigenvalue weighted by molar-refractivity contribution is 0.231. The minimum atomic E-state index is 0.332. The summed E-state index contributed by atoms with van der Waals surface area (Å²) in [7, 11) is 0. The zero-order valence-electron chi connectivity index (χ0n) is 22.8. The molecule has 40 heavy (non-hydrogen) atoms. The number of aromatic nitrogens is 4. The molecular formula is C33H34N6O. The molecule has 0 unspecified atom stereocenters. The van der Waals surface area contributed by atoms with Gasteiger partial charge in [0.1, 0.15) is 5.75 Å². The number of hydrogen-bond donors (Lipinski definition) is 1. The summed E-state index contributed by atoms with van der Waals surface area (Å²) in [5.74, 6) is 0.332. The minimum Gasteiger partial charge on any atom is -0.507 e. The van der Waals surface area contributed by atoms with Crippen LogP contribution in [0.2, 0.25) is 0 Å². The fourth-order valence-corrected chi connectivity index (χ4v) is 4.80. The number of phenolic OH excluding ortho intramolecular Hbond substituents is 1. The SMILES string of the molecule is Cc1ccc(CN(Cc2ccccn2)Cc2ccccn2)c(O)c1CN(Cc1ccccn1)Cc1ccccn1. The summed E-state index contributed by atoms with van der Waals surface area (Å²) in [6, 6.07) is 27.9. The molecule has 7 nitrogen and oxygen atoms in total. The van der Waals surface area contributed by atoms with Crippen molar-refractivity contribution in [3.05, 3.63) is 149 Å². The number of rotatable bonds is 12. The lowest BCUT2D eigenvalue weighted by Gasteiger charge is -2.26. The molecule has 0 radical (unpaired) electrons. The van der Waals surface area contributed by atoms with Gasteiger partial charge in [0.05, 0.1) is 22.8 Å². The van der Waals surface area contributed by atoms with E-state index in [0.29, 0.717) is 45.0 Å². The van der Waals surface area contributed by atoms with Crippen LogP contribution in [0.3, 0.4) is 0 Å². The largest absolute Gasteiger partial charge is 0.507 e. The monoisotopic (exact) mass is 530 g/mol. The molecule has 0 amide bonds. The van der Waals surface area contributed by atoms with Gasteiger partial charge in [-0.2, -0.15) is 0 Å². The van der Waals surface area contributed by atoms with Gasteiger partial charge >= 0.3 is 0 Å². The fourth-order valence-electron chi connectivity index (χ4n) is 4.80. The first-order valence-corrected chi connectivity index (χ1v) is 13.5. The second-order valence-electron chi connectivity index (χ2n) is 9.94. The van der Waals surface area contributed by atoms with E-state index in [1.165, 1.54) is 0 Å². The van der Waals surface area contributed by atoms with E-state index >= 15 is 0 Å². The van der Waals surface area contributed by atoms with Crippen molar-refractivity contribution in [3.8, 4) is 5.75 Å². The van der Waals surface area contributed by atoms with Crippen LogP contribution in [-0.2, 0) is 39.3 Å². The van der Waals surface area contributed by atoms with Crippen LogP contribution in [0.4, 0.5) is 0 Å². The Kier molecular flexibility index (Phi) is 9.19. The number of nitrogens with zero attached hydrogens (tertiary/aromatic N) is 6. The number of aryl methyl sites for hydroxylation is 1. The molecule has 0 aliphatic rings. The Labute approximate surface area is 235 Å². The average molecular weight is 531 g/mol. The van der Waals surface area contributed by atoms with Gasteiger partial charge in [-0.05, 0) is 61.0 Å². The quantitative estimate of drug-likeness (QED) is 0.222. The van der Waals surface area contributed by atoms with Crippen LogP contribution >= 0.6 is 0 Å². The van der Waals surface area contributed by atoms with Crippen molar-refractivity contribution in [1.82, 2.24) is 29.7 Å². The molecule has 202 valence electrons. The number of pyridine rings is 4. The number of phenols is 1. The highest BCUT2D eigenvalue weighted by Crippen LogP contribution is 2.30. The molecule has 0 fully saturated rings. The molecule has 1 aromatic carbocycles. The average Bonchev–Trinajstić information content (AvgIpc) is 2.99. The Morgan fingerprint density at radius 3 is 1.27 bits per heavy atom. The first-order chi connectivity index (χ1) is 19.6. The number of hydrogen-bond acceptors (Lipinski definition) is 7. The van der Waals surface area contributed by atoms with E-state index < -0.39 is 0 Å². The third kappa shape index (κ3) is 7.56. The van der Waals surface area contributed by atoms with Gasteiger partial charge in [-0.3, -0.25) is 29.7 Å². The lowest BCUT2D eigenvalue weighted by atomic mass is 10.0. The second-order valence-corrected chi connectivity index (χ2v) is 9.94. The van der Waals surface area contributed by atoms with Gasteiger partial charge in [-0.25, -0.2) is 0 Å². The summed E-state index contributed by atoms with van der Waals surface area (Å²) in [5, 5.41) is 11.6. The molecule has 0 spiro atoms. The van der Waals surface area contributed by atoms with Crippen molar-refractivity contribution in [2.24, 2.45) is 0 Å². The first-order valence-electron chi connectivity index (χ1n) is 13.5. The normalized spacial score (nSPS) is 11.3. The van der Waals surface area contributed by atoms with Gasteiger partial charge in [-0.15, -0.1) is 0 Å². The molecule has 0 aliphatic carbocycles. The third-order valence-electron chi connectivity index (χ3n) is 6.82. The van der Waals surface area contributed by atoms with Gasteiger partial charge < -0.3 is 5.11 Å². The van der Waals surface area contributed by atoms with Crippen LogP contribution in [0.5, 0.6) is 5.75 Å². The van der Waals surface area contributed by atoms with Crippen LogP contribution < -0.4 is 0 Å². The standard InChI is InChI=1S/C33H34N6O/c1-26-14-15-27(20-38(21-28-10-2-6-16-34-28)22-29-11-3-7-17-35-29)33(40)32(26)25-39(23-30-12-4-8-18-36-30)24-31-13-5-9-19-37-31/h2-19,40H,20-25H2,1H3. The van der Waals surface area contributed by atoms with Gasteiger partial charge in [0.15, 0.2) is 0 Å². The van der Waals surface area contributed by atoms with Gasteiger partial charge in [-0.1, -0.05) is 36.4 Å². The van der Waals surface area contributed by atoms with E-state index in [2.05, 4.69) is 42.7 Å². The molecule has 4 heterocycles. The van der Waals surface area contributed by atoms with Crippen LogP contribution in [0.15, 0.2) is 110 Å². The minimum absolute atomic E-state index is 0.332. The van der Waals surface area contributed by atoms with Crippen molar-refractivity contribution >= 4 is 0 Å². The van der Waals surface area contributed by atoms with Crippen LogP contribution in [-0.4, -0.2) is 34.8 Å². The first kappa shape index (κ1) is 27.1. The molecule has 0 saturated carbocycles. The van der Waals surface area contributed by atoms with E-state index in [9.17, 15) is 5.11 Å². The lowest BCUT2D eigenvalue weighted by Crippen LogP contribution is -2.25. The van der Waals surface area contributed by atoms with Crippen molar-refractivity contribution in [1.29, 1.82) is 0 Å². The highest BCUT2D eigenvalue weighted by atomic mass is 16.3. The highest BCUT2D eigenvalue weighted by molar-refractivity contribution is 5.45. The summed E-state index contributed by atoms with van der Waals surface area (Å²) in [4.78, 5) is 22.7. The Bertz CT molecular complexity index is 1380. The predicted octanol–water partition coefficient (Wildman–Crippen LogP) is 5.69. The zero-order chi connectivity index (χ0) is 27.6. The maximum atomic E-state index is 11.6. The van der Waals surface area contributed by atoms with Gasteiger partial charge in [0.2, 0.25) is 0 Å². The van der Waals surface area contributed by atoms with E-state index in [4.69, 9.17) is 0 Å². The predicted molar refractivity (Wildman–Crippen MR) is 156 cm³/mol. The van der Waals surface area contributed by atoms with Crippen molar-refractivity contribution in [3.63, 3.8) is 0 Å². The molecule has 0 saturated heterocycles. The molecule has 4 aromatic heterocycles. The van der Waals surface area contributed by atoms with Crippen molar-refractivity contribution < 1.29 is 5.11 Å². The second kappa shape index (κ2) is 13.6. The molecule has 0 aliphatic heterocycles. The molecule has 1 N–H and O–H groups in total. The summed E-state index contributed by atoms with van der Waals surface area (Å²) in [6.07, 6.45) is 7.26. The summed E-state index contributed by atoms with van der Waals surface area (Å²) in [6.45, 7) is 5.76. The topological polar surface area (TPSA) is 78.3 Å². The summed E-state index contributed by atoms with van der Waals surface area (Å²) >= 11 is 0. The van der Waals surface area contributed by atoms with Crippen LogP contribution in [0.25, 0.3) is 0 Å². The smallest absolute Gasteiger partial charge is 0.124 e. The molecule has 5 aromatic rings. The van der Waals surface area contributed by atoms with Crippen LogP contribution in [0, 0.1) is 6.92 Å². The van der Waals surface area contributed by atoms with Gasteiger partial charge in [0, 0.05) is 75.2 Å². The van der Waals surface area contributed by atoms with Crippen molar-refractivity contribution in [2.45, 2.75) is 46.2 Å². The third-order valence-corrected chi connectivity index (χ3v) is 6.82. The molecular weight excluding hydrogens is 496 g/mol. The Hall–Kier alpha value is -4.46. The van der Waals surface area contributed by atoms with E-state index in [1.54, 1.807) is 0 Å². The molecule has 0 bridgehead atoms. The molecule has 5 rings (SSSR count). The molecule has 7 heteroatoms. The Morgan fingerprint density at radius 1 is 0.500 bits per heavy atom. The van der Waals surface area contributed by atoms with E-state index in [1.807, 2.05) is 104 Å². The van der Waals surface area contributed by atoms with Crippen molar-refractivity contribution in [2.75, 3.05) is 0 Å². The maximum Gasteiger partial charge on any atom is 0.124 e. The Morgan fingerprint density at radius 2 is 0.900 bits per heavy atom. The van der Waals surface area contributed by atoms with E-state index in [-0.39, 0.29) is 0 Å².